The minimum Gasteiger partial charge on any atom is -0.398 e. The van der Waals surface area contributed by atoms with Crippen LogP contribution in [0.1, 0.15) is 5.56 Å². The molecular formula is C13H11BrF2N2. The Morgan fingerprint density at radius 3 is 2.28 bits per heavy atom. The third-order valence-electron chi connectivity index (χ3n) is 2.56. The van der Waals surface area contributed by atoms with E-state index in [4.69, 9.17) is 5.73 Å². The van der Waals surface area contributed by atoms with E-state index in [0.717, 1.165) is 5.56 Å². The van der Waals surface area contributed by atoms with E-state index in [2.05, 4.69) is 21.2 Å². The van der Waals surface area contributed by atoms with E-state index in [0.29, 0.717) is 15.8 Å². The summed E-state index contributed by atoms with van der Waals surface area (Å²) in [7, 11) is 0. The lowest BCUT2D eigenvalue weighted by molar-refractivity contribution is 0.589. The largest absolute Gasteiger partial charge is 0.398 e. The van der Waals surface area contributed by atoms with Crippen molar-refractivity contribution in [3.8, 4) is 0 Å². The molecule has 0 aliphatic carbocycles. The molecule has 5 heteroatoms. The molecule has 0 spiro atoms. The van der Waals surface area contributed by atoms with E-state index in [1.165, 1.54) is 12.1 Å². The maximum atomic E-state index is 13.6. The highest BCUT2D eigenvalue weighted by molar-refractivity contribution is 9.10. The van der Waals surface area contributed by atoms with Gasteiger partial charge in [-0.1, -0.05) is 22.0 Å². The zero-order valence-electron chi connectivity index (χ0n) is 9.60. The summed E-state index contributed by atoms with van der Waals surface area (Å²) in [5.41, 5.74) is 7.57. The van der Waals surface area contributed by atoms with Crippen LogP contribution < -0.4 is 11.1 Å². The van der Waals surface area contributed by atoms with Crippen LogP contribution in [0.4, 0.5) is 25.8 Å². The Hall–Kier alpha value is -1.62. The van der Waals surface area contributed by atoms with Gasteiger partial charge in [-0.3, -0.25) is 0 Å². The van der Waals surface area contributed by atoms with Crippen molar-refractivity contribution < 1.29 is 8.78 Å². The molecule has 0 aliphatic heterocycles. The zero-order valence-corrected chi connectivity index (χ0v) is 11.2. The number of rotatable bonds is 2. The Morgan fingerprint density at radius 1 is 1.11 bits per heavy atom. The number of benzene rings is 2. The lowest BCUT2D eigenvalue weighted by Gasteiger charge is -2.10. The molecule has 18 heavy (non-hydrogen) atoms. The normalized spacial score (nSPS) is 10.4. The second-order valence-corrected chi connectivity index (χ2v) is 4.86. The first kappa shape index (κ1) is 12.8. The summed E-state index contributed by atoms with van der Waals surface area (Å²) >= 11 is 3.03. The molecule has 0 heterocycles. The number of nitrogens with one attached hydrogen (secondary N) is 1. The van der Waals surface area contributed by atoms with Crippen molar-refractivity contribution in [1.29, 1.82) is 0 Å². The van der Waals surface area contributed by atoms with E-state index in [1.54, 1.807) is 18.2 Å². The first-order chi connectivity index (χ1) is 8.47. The Balaban J connectivity index is 2.37. The van der Waals surface area contributed by atoms with Gasteiger partial charge in [-0.25, -0.2) is 8.78 Å². The van der Waals surface area contributed by atoms with Gasteiger partial charge in [-0.05, 0) is 36.8 Å². The second-order valence-electron chi connectivity index (χ2n) is 3.94. The SMILES string of the molecule is Cc1ccc(Nc2c(F)cc(Br)cc2F)cc1N. The maximum absolute atomic E-state index is 13.6. The number of nitrogen functional groups attached to an aromatic ring is 1. The summed E-state index contributed by atoms with van der Waals surface area (Å²) < 4.78 is 27.6. The number of nitrogens with two attached hydrogens (primary N) is 1. The molecular weight excluding hydrogens is 302 g/mol. The highest BCUT2D eigenvalue weighted by Gasteiger charge is 2.11. The fraction of sp³-hybridized carbons (Fsp3) is 0.0769. The molecule has 0 aliphatic rings. The first-order valence-corrected chi connectivity index (χ1v) is 6.04. The molecule has 2 aromatic rings. The average Bonchev–Trinajstić information content (AvgIpc) is 2.28. The van der Waals surface area contributed by atoms with Gasteiger partial charge < -0.3 is 11.1 Å². The molecule has 2 aromatic carbocycles. The average molecular weight is 313 g/mol. The fourth-order valence-corrected chi connectivity index (χ4v) is 1.93. The van der Waals surface area contributed by atoms with Gasteiger partial charge in [0.25, 0.3) is 0 Å². The molecule has 0 fully saturated rings. The van der Waals surface area contributed by atoms with Gasteiger partial charge in [0.05, 0.1) is 0 Å². The van der Waals surface area contributed by atoms with Crippen LogP contribution in [0.3, 0.4) is 0 Å². The van der Waals surface area contributed by atoms with Crippen LogP contribution in [0.15, 0.2) is 34.8 Å². The van der Waals surface area contributed by atoms with Crippen LogP contribution >= 0.6 is 15.9 Å². The molecule has 0 unspecified atom stereocenters. The van der Waals surface area contributed by atoms with Crippen LogP contribution in [0.2, 0.25) is 0 Å². The predicted octanol–water partition coefficient (Wildman–Crippen LogP) is 4.36. The molecule has 0 aromatic heterocycles. The number of hydrogen-bond donors (Lipinski definition) is 2. The quantitative estimate of drug-likeness (QED) is 0.808. The van der Waals surface area contributed by atoms with Gasteiger partial charge in [0.2, 0.25) is 0 Å². The molecule has 0 amide bonds. The van der Waals surface area contributed by atoms with Gasteiger partial charge in [0.1, 0.15) is 5.69 Å². The van der Waals surface area contributed by atoms with Gasteiger partial charge in [-0.2, -0.15) is 0 Å². The Labute approximate surface area is 112 Å². The van der Waals surface area contributed by atoms with Gasteiger partial charge in [-0.15, -0.1) is 0 Å². The van der Waals surface area contributed by atoms with Crippen molar-refractivity contribution in [2.45, 2.75) is 6.92 Å². The molecule has 0 atom stereocenters. The first-order valence-electron chi connectivity index (χ1n) is 5.25. The highest BCUT2D eigenvalue weighted by Crippen LogP contribution is 2.28. The Morgan fingerprint density at radius 2 is 1.72 bits per heavy atom. The standard InChI is InChI=1S/C13H11BrF2N2/c1-7-2-3-9(6-12(7)17)18-13-10(15)4-8(14)5-11(13)16/h2-6,18H,17H2,1H3. The number of anilines is 3. The van der Waals surface area contributed by atoms with Crippen molar-refractivity contribution in [3.05, 3.63) is 52.0 Å². The molecule has 2 nitrogen and oxygen atoms in total. The Kier molecular flexibility index (Phi) is 3.52. The molecule has 0 saturated carbocycles. The second kappa shape index (κ2) is 4.94. The summed E-state index contributed by atoms with van der Waals surface area (Å²) in [6.45, 7) is 1.86. The van der Waals surface area contributed by atoms with Crippen LogP contribution in [0.5, 0.6) is 0 Å². The third-order valence-corrected chi connectivity index (χ3v) is 3.01. The number of halogens is 3. The molecule has 2 rings (SSSR count). The van der Waals surface area contributed by atoms with Crippen LogP contribution in [-0.2, 0) is 0 Å². The lowest BCUT2D eigenvalue weighted by atomic mass is 10.2. The molecule has 0 bridgehead atoms. The topological polar surface area (TPSA) is 38.0 Å². The van der Waals surface area contributed by atoms with Crippen molar-refractivity contribution >= 4 is 33.0 Å². The van der Waals surface area contributed by atoms with Crippen LogP contribution in [0.25, 0.3) is 0 Å². The molecule has 94 valence electrons. The maximum Gasteiger partial charge on any atom is 0.150 e. The van der Waals surface area contributed by atoms with E-state index >= 15 is 0 Å². The minimum atomic E-state index is -0.666. The van der Waals surface area contributed by atoms with Crippen molar-refractivity contribution in [2.75, 3.05) is 11.1 Å². The predicted molar refractivity (Wildman–Crippen MR) is 72.9 cm³/mol. The van der Waals surface area contributed by atoms with Gasteiger partial charge >= 0.3 is 0 Å². The Bertz CT molecular complexity index is 577. The van der Waals surface area contributed by atoms with E-state index in [1.807, 2.05) is 6.92 Å². The molecule has 3 N–H and O–H groups in total. The summed E-state index contributed by atoms with van der Waals surface area (Å²) in [5.74, 6) is -1.33. The van der Waals surface area contributed by atoms with E-state index < -0.39 is 11.6 Å². The molecule has 0 radical (unpaired) electrons. The van der Waals surface area contributed by atoms with Crippen molar-refractivity contribution in [2.24, 2.45) is 0 Å². The number of aryl methyl sites for hydroxylation is 1. The van der Waals surface area contributed by atoms with E-state index in [9.17, 15) is 8.78 Å². The van der Waals surface area contributed by atoms with E-state index in [-0.39, 0.29) is 5.69 Å². The smallest absolute Gasteiger partial charge is 0.150 e. The fourth-order valence-electron chi connectivity index (χ4n) is 1.52. The van der Waals surface area contributed by atoms with Crippen LogP contribution in [0, 0.1) is 18.6 Å². The highest BCUT2D eigenvalue weighted by atomic mass is 79.9. The summed E-state index contributed by atoms with van der Waals surface area (Å²) in [6.07, 6.45) is 0. The van der Waals surface area contributed by atoms with Crippen molar-refractivity contribution in [3.63, 3.8) is 0 Å². The molecule has 0 saturated heterocycles. The van der Waals surface area contributed by atoms with Gasteiger partial charge in [0.15, 0.2) is 11.6 Å². The third kappa shape index (κ3) is 2.61. The van der Waals surface area contributed by atoms with Crippen molar-refractivity contribution in [1.82, 2.24) is 0 Å². The minimum absolute atomic E-state index is 0.193. The van der Waals surface area contributed by atoms with Gasteiger partial charge in [0, 0.05) is 15.8 Å². The summed E-state index contributed by atoms with van der Waals surface area (Å²) in [6, 6.07) is 7.53. The number of hydrogen-bond acceptors (Lipinski definition) is 2. The van der Waals surface area contributed by atoms with Crippen LogP contribution in [-0.4, -0.2) is 0 Å². The monoisotopic (exact) mass is 312 g/mol. The summed E-state index contributed by atoms with van der Waals surface area (Å²) in [4.78, 5) is 0. The zero-order chi connectivity index (χ0) is 13.3. The lowest BCUT2D eigenvalue weighted by Crippen LogP contribution is -1.99. The summed E-state index contributed by atoms with van der Waals surface area (Å²) in [5, 5.41) is 2.68.